The molecule has 0 saturated carbocycles. The molecule has 8 nitrogen and oxygen atoms in total. The van der Waals surface area contributed by atoms with Crippen LogP contribution in [0.25, 0.3) is 17.1 Å². The average molecular weight is 348 g/mol. The summed E-state index contributed by atoms with van der Waals surface area (Å²) in [6.45, 7) is 1.85. The maximum Gasteiger partial charge on any atom is 0.183 e. The molecule has 26 heavy (non-hydrogen) atoms. The number of aryl methyl sites for hydroxylation is 1. The normalized spacial score (nSPS) is 10.8. The second kappa shape index (κ2) is 6.75. The molecule has 0 radical (unpaired) electrons. The van der Waals surface area contributed by atoms with Crippen LogP contribution in [0.4, 0.5) is 0 Å². The Bertz CT molecular complexity index is 1010. The fourth-order valence-corrected chi connectivity index (χ4v) is 2.57. The minimum absolute atomic E-state index is 0.453. The molecular formula is C18H16N6O2. The summed E-state index contributed by atoms with van der Waals surface area (Å²) in [6, 6.07) is 11.4. The van der Waals surface area contributed by atoms with Gasteiger partial charge in [0.15, 0.2) is 5.82 Å². The van der Waals surface area contributed by atoms with Gasteiger partial charge in [0.1, 0.15) is 23.0 Å². The van der Waals surface area contributed by atoms with E-state index in [0.717, 1.165) is 34.2 Å². The molecule has 0 N–H and O–H groups in total. The second-order valence-corrected chi connectivity index (χ2v) is 5.68. The van der Waals surface area contributed by atoms with Gasteiger partial charge in [-0.05, 0) is 43.3 Å². The molecule has 0 unspecified atom stereocenters. The van der Waals surface area contributed by atoms with Gasteiger partial charge in [-0.3, -0.25) is 4.98 Å². The van der Waals surface area contributed by atoms with Crippen molar-refractivity contribution in [2.45, 2.75) is 13.3 Å². The summed E-state index contributed by atoms with van der Waals surface area (Å²) in [5.74, 6) is 2.10. The van der Waals surface area contributed by atoms with Crippen LogP contribution in [0.15, 0.2) is 53.4 Å². The Balaban J connectivity index is 1.79. The number of methoxy groups -OCH3 is 1. The molecule has 1 aromatic carbocycles. The van der Waals surface area contributed by atoms with Gasteiger partial charge in [-0.25, -0.2) is 14.3 Å². The number of rotatable bonds is 5. The van der Waals surface area contributed by atoms with E-state index in [1.807, 2.05) is 43.3 Å². The maximum atomic E-state index is 5.23. The molecule has 0 bridgehead atoms. The molecule has 0 amide bonds. The summed E-state index contributed by atoms with van der Waals surface area (Å²) in [6.07, 6.45) is 3.91. The zero-order chi connectivity index (χ0) is 17.9. The van der Waals surface area contributed by atoms with Gasteiger partial charge in [0, 0.05) is 18.0 Å². The Labute approximate surface area is 149 Å². The molecule has 4 rings (SSSR count). The zero-order valence-corrected chi connectivity index (χ0v) is 14.3. The number of nitrogens with zero attached hydrogens (tertiary/aromatic N) is 6. The lowest BCUT2D eigenvalue weighted by Crippen LogP contribution is -2.05. The molecule has 0 saturated heterocycles. The summed E-state index contributed by atoms with van der Waals surface area (Å²) in [4.78, 5) is 8.83. The van der Waals surface area contributed by atoms with Crippen LogP contribution < -0.4 is 4.74 Å². The Hall–Kier alpha value is -3.55. The van der Waals surface area contributed by atoms with Crippen LogP contribution in [0.3, 0.4) is 0 Å². The van der Waals surface area contributed by atoms with Gasteiger partial charge in [-0.1, -0.05) is 10.3 Å². The van der Waals surface area contributed by atoms with E-state index in [2.05, 4.69) is 25.4 Å². The first-order valence-electron chi connectivity index (χ1n) is 8.03. The second-order valence-electron chi connectivity index (χ2n) is 5.68. The minimum atomic E-state index is 0.453. The predicted octanol–water partition coefficient (Wildman–Crippen LogP) is 2.62. The summed E-state index contributed by atoms with van der Waals surface area (Å²) in [7, 11) is 1.64. The third-order valence-electron chi connectivity index (χ3n) is 3.98. The van der Waals surface area contributed by atoms with Crippen LogP contribution in [-0.2, 0) is 6.42 Å². The molecule has 130 valence electrons. The van der Waals surface area contributed by atoms with Gasteiger partial charge in [0.25, 0.3) is 0 Å². The van der Waals surface area contributed by atoms with E-state index in [4.69, 9.17) is 9.37 Å². The predicted molar refractivity (Wildman–Crippen MR) is 93.0 cm³/mol. The molecule has 8 heteroatoms. The van der Waals surface area contributed by atoms with Gasteiger partial charge in [0.2, 0.25) is 0 Å². The molecule has 0 atom stereocenters. The highest BCUT2D eigenvalue weighted by Gasteiger charge is 2.17. The van der Waals surface area contributed by atoms with E-state index in [9.17, 15) is 0 Å². The molecular weight excluding hydrogens is 332 g/mol. The molecule has 0 aliphatic carbocycles. The van der Waals surface area contributed by atoms with Crippen molar-refractivity contribution in [1.82, 2.24) is 30.1 Å². The molecule has 3 heterocycles. The Morgan fingerprint density at radius 1 is 1.12 bits per heavy atom. The van der Waals surface area contributed by atoms with E-state index < -0.39 is 0 Å². The zero-order valence-electron chi connectivity index (χ0n) is 14.3. The van der Waals surface area contributed by atoms with Crippen molar-refractivity contribution in [1.29, 1.82) is 0 Å². The summed E-state index contributed by atoms with van der Waals surface area (Å²) in [5.41, 5.74) is 3.18. The van der Waals surface area contributed by atoms with E-state index in [-0.39, 0.29) is 0 Å². The standard InChI is InChI=1S/C18H16N6O2/c1-12-16(23-26-22-12)10-17-20-18(13-4-3-9-19-11-13)21-24(17)14-5-7-15(25-2)8-6-14/h3-9,11H,10H2,1-2H3. The van der Waals surface area contributed by atoms with Gasteiger partial charge < -0.3 is 4.74 Å². The first-order chi connectivity index (χ1) is 12.7. The average Bonchev–Trinajstić information content (AvgIpc) is 3.29. The summed E-state index contributed by atoms with van der Waals surface area (Å²) < 4.78 is 11.8. The topological polar surface area (TPSA) is 91.8 Å². The molecule has 0 aliphatic heterocycles. The number of aromatic nitrogens is 6. The van der Waals surface area contributed by atoms with Gasteiger partial charge in [0.05, 0.1) is 19.2 Å². The van der Waals surface area contributed by atoms with Crippen LogP contribution in [0.2, 0.25) is 0 Å². The Kier molecular flexibility index (Phi) is 4.14. The highest BCUT2D eigenvalue weighted by atomic mass is 16.6. The van der Waals surface area contributed by atoms with Crippen LogP contribution in [-0.4, -0.2) is 37.2 Å². The summed E-state index contributed by atoms with van der Waals surface area (Å²) in [5, 5.41) is 12.5. The molecule has 0 fully saturated rings. The van der Waals surface area contributed by atoms with Crippen molar-refractivity contribution >= 4 is 0 Å². The number of hydrogen-bond donors (Lipinski definition) is 0. The maximum absolute atomic E-state index is 5.23. The van der Waals surface area contributed by atoms with Crippen molar-refractivity contribution in [2.75, 3.05) is 7.11 Å². The van der Waals surface area contributed by atoms with Gasteiger partial charge >= 0.3 is 0 Å². The first kappa shape index (κ1) is 15.9. The lowest BCUT2D eigenvalue weighted by molar-refractivity contribution is 0.301. The van der Waals surface area contributed by atoms with Gasteiger partial charge in [-0.15, -0.1) is 5.10 Å². The van der Waals surface area contributed by atoms with E-state index >= 15 is 0 Å². The molecule has 4 aromatic rings. The number of pyridine rings is 1. The lowest BCUT2D eigenvalue weighted by atomic mass is 10.2. The largest absolute Gasteiger partial charge is 0.497 e. The van der Waals surface area contributed by atoms with Crippen molar-refractivity contribution in [3.05, 3.63) is 66.0 Å². The van der Waals surface area contributed by atoms with Crippen molar-refractivity contribution in [3.8, 4) is 22.8 Å². The molecule has 0 aliphatic rings. The number of hydrogen-bond acceptors (Lipinski definition) is 7. The van der Waals surface area contributed by atoms with E-state index in [1.165, 1.54) is 0 Å². The Morgan fingerprint density at radius 2 is 1.96 bits per heavy atom. The quantitative estimate of drug-likeness (QED) is 0.547. The van der Waals surface area contributed by atoms with Crippen LogP contribution in [0.5, 0.6) is 5.75 Å². The smallest absolute Gasteiger partial charge is 0.183 e. The molecule has 0 spiro atoms. The van der Waals surface area contributed by atoms with Crippen LogP contribution in [0, 0.1) is 6.92 Å². The third-order valence-corrected chi connectivity index (χ3v) is 3.98. The van der Waals surface area contributed by atoms with Crippen molar-refractivity contribution < 1.29 is 9.37 Å². The first-order valence-corrected chi connectivity index (χ1v) is 8.03. The number of benzene rings is 1. The van der Waals surface area contributed by atoms with E-state index in [1.54, 1.807) is 24.2 Å². The Morgan fingerprint density at radius 3 is 2.62 bits per heavy atom. The van der Waals surface area contributed by atoms with Crippen LogP contribution >= 0.6 is 0 Å². The fourth-order valence-electron chi connectivity index (χ4n) is 2.57. The fraction of sp³-hybridized carbons (Fsp3) is 0.167. The number of ether oxygens (including phenoxy) is 1. The summed E-state index contributed by atoms with van der Waals surface area (Å²) >= 11 is 0. The highest BCUT2D eigenvalue weighted by molar-refractivity contribution is 5.53. The monoisotopic (exact) mass is 348 g/mol. The SMILES string of the molecule is COc1ccc(-n2nc(-c3cccnc3)nc2Cc2nonc2C)cc1. The van der Waals surface area contributed by atoms with E-state index in [0.29, 0.717) is 12.2 Å². The molecule has 3 aromatic heterocycles. The van der Waals surface area contributed by atoms with Crippen LogP contribution in [0.1, 0.15) is 17.2 Å². The van der Waals surface area contributed by atoms with Gasteiger partial charge in [-0.2, -0.15) is 0 Å². The highest BCUT2D eigenvalue weighted by Crippen LogP contribution is 2.21. The minimum Gasteiger partial charge on any atom is -0.497 e. The third kappa shape index (κ3) is 3.04. The van der Waals surface area contributed by atoms with Crippen molar-refractivity contribution in [2.24, 2.45) is 0 Å². The lowest BCUT2D eigenvalue weighted by Gasteiger charge is -2.06. The van der Waals surface area contributed by atoms with Crippen molar-refractivity contribution in [3.63, 3.8) is 0 Å².